The summed E-state index contributed by atoms with van der Waals surface area (Å²) in [5.41, 5.74) is 0. The molecule has 0 saturated heterocycles. The Labute approximate surface area is 190 Å². The first-order valence-electron chi connectivity index (χ1n) is 3.12. The van der Waals surface area contributed by atoms with E-state index in [0.717, 1.165) is 0 Å². The zero-order valence-corrected chi connectivity index (χ0v) is 18.4. The van der Waals surface area contributed by atoms with E-state index in [0.29, 0.717) is 0 Å². The molecule has 0 radical (unpaired) electrons. The van der Waals surface area contributed by atoms with Crippen LogP contribution in [0.2, 0.25) is 0 Å². The molecule has 0 N–H and O–H groups in total. The number of carbonyl (C=O) groups is 4. The normalized spacial score (nSPS) is 7.89. The van der Waals surface area contributed by atoms with Gasteiger partial charge in [0.05, 0.1) is 35.7 Å². The van der Waals surface area contributed by atoms with Gasteiger partial charge in [-0.3, -0.25) is 0 Å². The van der Waals surface area contributed by atoms with Gasteiger partial charge in [0.2, 0.25) is 0 Å². The van der Waals surface area contributed by atoms with Gasteiger partial charge in [0.25, 0.3) is 0 Å². The summed E-state index contributed by atoms with van der Waals surface area (Å²) in [7, 11) is 0. The molecule has 18 heavy (non-hydrogen) atoms. The number of rotatable bonds is 5. The van der Waals surface area contributed by atoms with Gasteiger partial charge < -0.3 is 39.6 Å². The van der Waals surface area contributed by atoms with Crippen LogP contribution in [0.25, 0.3) is 0 Å². The van der Waals surface area contributed by atoms with E-state index in [1.165, 1.54) is 0 Å². The smallest absolute Gasteiger partial charge is 0.549 e. The third kappa shape index (κ3) is 10.6. The van der Waals surface area contributed by atoms with Crippen LogP contribution in [0.3, 0.4) is 0 Å². The Morgan fingerprint density at radius 2 is 0.611 bits per heavy atom. The van der Waals surface area contributed by atoms with Gasteiger partial charge in [-0.25, -0.2) is 0 Å². The molecule has 0 spiro atoms. The zero-order valence-electron chi connectivity index (χ0n) is 10.4. The van der Waals surface area contributed by atoms with Crippen LogP contribution in [0.15, 0.2) is 0 Å². The maximum atomic E-state index is 10.1. The van der Waals surface area contributed by atoms with Crippen molar-refractivity contribution in [3.63, 3.8) is 0 Å². The average Bonchev–Trinajstić information content (AvgIpc) is 1.96. The van der Waals surface area contributed by atoms with Crippen molar-refractivity contribution in [2.75, 3.05) is 0 Å². The Morgan fingerprint density at radius 1 is 0.500 bits per heavy atom. The fourth-order valence-electron chi connectivity index (χ4n) is 0.737. The summed E-state index contributed by atoms with van der Waals surface area (Å²) in [6.45, 7) is 0. The fraction of sp³-hybridized carbons (Fsp3) is 0.333. The summed E-state index contributed by atoms with van der Waals surface area (Å²) in [5.74, 6) is -15.3. The summed E-state index contributed by atoms with van der Waals surface area (Å²) in [6, 6.07) is 0. The van der Waals surface area contributed by atoms with Crippen molar-refractivity contribution < 1.29 is 158 Å². The number of carbonyl (C=O) groups excluding carboxylic acids is 4. The van der Waals surface area contributed by atoms with Crippen LogP contribution in [0.1, 0.15) is 0 Å². The standard InChI is InChI=1S/C6H6O8.4Na/c7-3(8)1(4(9)10)2(5(11)12)6(13)14;;;;/h1-2H,(H,7,8)(H,9,10)(H,11,12)(H,13,14);;;;/q;4*+1/p-4. The quantitative estimate of drug-likeness (QED) is 0.356. The Bertz CT molecular complexity index is 248. The molecular weight excluding hydrogens is 292 g/mol. The molecule has 78 valence electrons. The Kier molecular flexibility index (Phi) is 27.2. The van der Waals surface area contributed by atoms with Gasteiger partial charge in [-0.15, -0.1) is 0 Å². The van der Waals surface area contributed by atoms with Crippen molar-refractivity contribution >= 4 is 23.9 Å². The number of carboxylic acids is 4. The van der Waals surface area contributed by atoms with E-state index in [4.69, 9.17) is 0 Å². The minimum atomic E-state index is -2.84. The van der Waals surface area contributed by atoms with Crippen LogP contribution >= 0.6 is 0 Å². The molecule has 0 saturated carbocycles. The second-order valence-electron chi connectivity index (χ2n) is 2.23. The molecule has 0 aliphatic heterocycles. The SMILES string of the molecule is O=C([O-])C(C(=O)[O-])C(C(=O)[O-])C(=O)[O-].[Na+].[Na+].[Na+].[Na+]. The van der Waals surface area contributed by atoms with Crippen molar-refractivity contribution in [3.05, 3.63) is 0 Å². The van der Waals surface area contributed by atoms with Crippen LogP contribution in [0.5, 0.6) is 0 Å². The maximum absolute atomic E-state index is 10.1. The molecule has 0 aromatic carbocycles. The molecule has 0 aliphatic carbocycles. The van der Waals surface area contributed by atoms with Gasteiger partial charge in [0, 0.05) is 0 Å². The Hall–Kier alpha value is 1.88. The van der Waals surface area contributed by atoms with Crippen LogP contribution in [0.4, 0.5) is 0 Å². The van der Waals surface area contributed by atoms with Crippen LogP contribution in [0, 0.1) is 11.8 Å². The molecule has 0 aliphatic rings. The van der Waals surface area contributed by atoms with E-state index in [9.17, 15) is 39.6 Å². The van der Waals surface area contributed by atoms with Gasteiger partial charge in [-0.05, 0) is 0 Å². The van der Waals surface area contributed by atoms with E-state index in [1.807, 2.05) is 0 Å². The number of aliphatic carboxylic acids is 4. The van der Waals surface area contributed by atoms with Crippen molar-refractivity contribution in [3.8, 4) is 0 Å². The van der Waals surface area contributed by atoms with Gasteiger partial charge >= 0.3 is 118 Å². The summed E-state index contributed by atoms with van der Waals surface area (Å²) >= 11 is 0. The Morgan fingerprint density at radius 3 is 0.667 bits per heavy atom. The number of carboxylic acid groups (broad SMARTS) is 4. The first kappa shape index (κ1) is 32.0. The minimum absolute atomic E-state index is 0. The van der Waals surface area contributed by atoms with Crippen molar-refractivity contribution in [2.45, 2.75) is 0 Å². The molecule has 0 rings (SSSR count). The van der Waals surface area contributed by atoms with Crippen LogP contribution < -0.4 is 139 Å². The zero-order chi connectivity index (χ0) is 11.5. The number of hydrogen-bond donors (Lipinski definition) is 0. The van der Waals surface area contributed by atoms with Crippen molar-refractivity contribution in [1.29, 1.82) is 0 Å². The fourth-order valence-corrected chi connectivity index (χ4v) is 0.737. The van der Waals surface area contributed by atoms with E-state index < -0.39 is 35.7 Å². The van der Waals surface area contributed by atoms with Gasteiger partial charge in [0.1, 0.15) is 0 Å². The second kappa shape index (κ2) is 15.3. The molecular formula is C6H2Na4O8. The van der Waals surface area contributed by atoms with Gasteiger partial charge in [0.15, 0.2) is 0 Å². The Balaban J connectivity index is -0.000000141. The summed E-state index contributed by atoms with van der Waals surface area (Å²) < 4.78 is 0. The average molecular weight is 294 g/mol. The monoisotopic (exact) mass is 294 g/mol. The predicted molar refractivity (Wildman–Crippen MR) is 27.0 cm³/mol. The second-order valence-corrected chi connectivity index (χ2v) is 2.23. The third-order valence-electron chi connectivity index (χ3n) is 1.35. The van der Waals surface area contributed by atoms with E-state index >= 15 is 0 Å². The minimum Gasteiger partial charge on any atom is -0.549 e. The van der Waals surface area contributed by atoms with E-state index in [1.54, 1.807) is 0 Å². The van der Waals surface area contributed by atoms with Gasteiger partial charge in [-0.1, -0.05) is 0 Å². The predicted octanol–water partition coefficient (Wildman–Crippen LogP) is -18.8. The molecule has 0 fully saturated rings. The van der Waals surface area contributed by atoms with Gasteiger partial charge in [-0.2, -0.15) is 0 Å². The van der Waals surface area contributed by atoms with Crippen LogP contribution in [-0.2, 0) is 19.2 Å². The third-order valence-corrected chi connectivity index (χ3v) is 1.35. The van der Waals surface area contributed by atoms with E-state index in [-0.39, 0.29) is 118 Å². The first-order valence-corrected chi connectivity index (χ1v) is 3.12. The number of hydrogen-bond acceptors (Lipinski definition) is 8. The molecule has 0 aromatic rings. The molecule has 12 heteroatoms. The summed E-state index contributed by atoms with van der Waals surface area (Å²) in [5, 5.41) is 40.3. The molecule has 0 aromatic heterocycles. The van der Waals surface area contributed by atoms with Crippen LogP contribution in [-0.4, -0.2) is 23.9 Å². The largest absolute Gasteiger partial charge is 1.00 e. The molecule has 0 heterocycles. The maximum Gasteiger partial charge on any atom is 1.00 e. The molecule has 0 bridgehead atoms. The van der Waals surface area contributed by atoms with E-state index in [2.05, 4.69) is 0 Å². The first-order chi connectivity index (χ1) is 6.29. The van der Waals surface area contributed by atoms with Crippen molar-refractivity contribution in [2.24, 2.45) is 11.8 Å². The molecule has 0 unspecified atom stereocenters. The summed E-state index contributed by atoms with van der Waals surface area (Å²) in [4.78, 5) is 40.3. The summed E-state index contributed by atoms with van der Waals surface area (Å²) in [6.07, 6.45) is 0. The molecule has 0 atom stereocenters. The van der Waals surface area contributed by atoms with Crippen molar-refractivity contribution in [1.82, 2.24) is 0 Å². The molecule has 0 amide bonds. The molecule has 8 nitrogen and oxygen atoms in total. The topological polar surface area (TPSA) is 161 Å².